The van der Waals surface area contributed by atoms with Crippen LogP contribution < -0.4 is 5.73 Å². The molecule has 8 nitrogen and oxygen atoms in total. The van der Waals surface area contributed by atoms with Gasteiger partial charge in [-0.25, -0.2) is 9.69 Å². The fourth-order valence-electron chi connectivity index (χ4n) is 2.65. The standard InChI is InChI=1S/C21H22N4O4/c1-15(19(26)13-24-23)25(21(28)29-14-17-10-6-3-7-11-17)20(27)18(22)12-16-8-4-2-5-9-16/h2-11,13,15,18H,12,14,22H2,1H3/t15-,18-/m0/s1. The molecule has 0 aromatic heterocycles. The topological polar surface area (TPSA) is 126 Å². The molecular formula is C21H22N4O4. The van der Waals surface area contributed by atoms with Crippen LogP contribution in [0.25, 0.3) is 5.53 Å². The predicted octanol–water partition coefficient (Wildman–Crippen LogP) is 1.98. The van der Waals surface area contributed by atoms with Crippen molar-refractivity contribution < 1.29 is 23.9 Å². The number of ether oxygens (including phenoxy) is 1. The molecule has 0 saturated carbocycles. The second-order valence-corrected chi connectivity index (χ2v) is 6.37. The number of hydrogen-bond acceptors (Lipinski definition) is 5. The lowest BCUT2D eigenvalue weighted by molar-refractivity contribution is -0.137. The summed E-state index contributed by atoms with van der Waals surface area (Å²) in [5, 5.41) is 0. The number of Topliss-reactive ketones (excluding diaryl/α,β-unsaturated/α-hetero) is 1. The Morgan fingerprint density at radius 1 is 1.07 bits per heavy atom. The van der Waals surface area contributed by atoms with Crippen molar-refractivity contribution in [1.82, 2.24) is 4.90 Å². The highest BCUT2D eigenvalue weighted by Crippen LogP contribution is 2.11. The maximum Gasteiger partial charge on any atom is 0.417 e. The van der Waals surface area contributed by atoms with E-state index in [4.69, 9.17) is 16.0 Å². The molecule has 150 valence electrons. The molecular weight excluding hydrogens is 372 g/mol. The van der Waals surface area contributed by atoms with Gasteiger partial charge < -0.3 is 16.0 Å². The smallest absolute Gasteiger partial charge is 0.417 e. The second kappa shape index (κ2) is 10.7. The van der Waals surface area contributed by atoms with Gasteiger partial charge in [-0.05, 0) is 24.5 Å². The van der Waals surface area contributed by atoms with Gasteiger partial charge in [0.25, 0.3) is 5.78 Å². The van der Waals surface area contributed by atoms with Crippen molar-refractivity contribution in [1.29, 1.82) is 0 Å². The van der Waals surface area contributed by atoms with Gasteiger partial charge in [0, 0.05) is 0 Å². The van der Waals surface area contributed by atoms with Crippen LogP contribution in [0.4, 0.5) is 4.79 Å². The Labute approximate surface area is 168 Å². The summed E-state index contributed by atoms with van der Waals surface area (Å²) in [5.41, 5.74) is 16.1. The summed E-state index contributed by atoms with van der Waals surface area (Å²) in [7, 11) is 0. The third kappa shape index (κ3) is 6.21. The molecule has 0 radical (unpaired) electrons. The van der Waals surface area contributed by atoms with Gasteiger partial charge >= 0.3 is 12.3 Å². The molecule has 2 aromatic rings. The lowest BCUT2D eigenvalue weighted by atomic mass is 10.0. The Morgan fingerprint density at radius 3 is 2.17 bits per heavy atom. The van der Waals surface area contributed by atoms with Crippen molar-refractivity contribution in [3.8, 4) is 0 Å². The molecule has 29 heavy (non-hydrogen) atoms. The molecule has 0 saturated heterocycles. The van der Waals surface area contributed by atoms with E-state index < -0.39 is 29.9 Å². The highest BCUT2D eigenvalue weighted by atomic mass is 16.6. The van der Waals surface area contributed by atoms with E-state index in [1.807, 2.05) is 24.3 Å². The quantitative estimate of drug-likeness (QED) is 0.416. The van der Waals surface area contributed by atoms with Crippen LogP contribution >= 0.6 is 0 Å². The lowest BCUT2D eigenvalue weighted by Gasteiger charge is -2.26. The van der Waals surface area contributed by atoms with Crippen molar-refractivity contribution >= 4 is 24.0 Å². The van der Waals surface area contributed by atoms with E-state index >= 15 is 0 Å². The summed E-state index contributed by atoms with van der Waals surface area (Å²) in [6.07, 6.45) is -0.204. The molecule has 0 aliphatic carbocycles. The van der Waals surface area contributed by atoms with E-state index in [1.54, 1.807) is 36.4 Å². The predicted molar refractivity (Wildman–Crippen MR) is 106 cm³/mol. The van der Waals surface area contributed by atoms with Crippen LogP contribution in [0.5, 0.6) is 0 Å². The number of carbonyl (C=O) groups is 3. The monoisotopic (exact) mass is 394 g/mol. The molecule has 8 heteroatoms. The van der Waals surface area contributed by atoms with Gasteiger partial charge in [-0.3, -0.25) is 9.59 Å². The van der Waals surface area contributed by atoms with Crippen LogP contribution in [0, 0.1) is 0 Å². The first kappa shape index (κ1) is 21.7. The highest BCUT2D eigenvalue weighted by molar-refractivity contribution is 6.28. The molecule has 0 aliphatic heterocycles. The van der Waals surface area contributed by atoms with Gasteiger partial charge in [-0.1, -0.05) is 60.7 Å². The maximum absolute atomic E-state index is 12.9. The second-order valence-electron chi connectivity index (χ2n) is 6.37. The van der Waals surface area contributed by atoms with E-state index in [9.17, 15) is 14.4 Å². The molecule has 0 spiro atoms. The van der Waals surface area contributed by atoms with E-state index in [2.05, 4.69) is 4.79 Å². The number of rotatable bonds is 8. The number of carbonyl (C=O) groups excluding carboxylic acids is 3. The average molecular weight is 394 g/mol. The Kier molecular flexibility index (Phi) is 7.97. The van der Waals surface area contributed by atoms with Gasteiger partial charge in [0.05, 0.1) is 6.04 Å². The number of imide groups is 1. The minimum Gasteiger partial charge on any atom is -0.444 e. The van der Waals surface area contributed by atoms with E-state index in [1.165, 1.54) is 6.92 Å². The molecule has 2 atom stereocenters. The van der Waals surface area contributed by atoms with E-state index in [-0.39, 0.29) is 13.0 Å². The Hall–Kier alpha value is -3.61. The minimum absolute atomic E-state index is 0.0770. The van der Waals surface area contributed by atoms with Crippen molar-refractivity contribution in [2.45, 2.75) is 32.0 Å². The number of amides is 2. The third-order valence-electron chi connectivity index (χ3n) is 4.24. The summed E-state index contributed by atoms with van der Waals surface area (Å²) >= 11 is 0. The summed E-state index contributed by atoms with van der Waals surface area (Å²) in [4.78, 5) is 41.0. The van der Waals surface area contributed by atoms with Gasteiger partial charge in [0.1, 0.15) is 12.6 Å². The molecule has 2 aromatic carbocycles. The Morgan fingerprint density at radius 2 is 1.62 bits per heavy atom. The van der Waals surface area contributed by atoms with E-state index in [0.717, 1.165) is 11.1 Å². The molecule has 2 rings (SSSR count). The van der Waals surface area contributed by atoms with Gasteiger partial charge in [-0.15, -0.1) is 0 Å². The first-order valence-corrected chi connectivity index (χ1v) is 8.98. The highest BCUT2D eigenvalue weighted by Gasteiger charge is 2.36. The number of nitrogens with zero attached hydrogens (tertiary/aromatic N) is 3. The molecule has 2 N–H and O–H groups in total. The summed E-state index contributed by atoms with van der Waals surface area (Å²) < 4.78 is 5.21. The van der Waals surface area contributed by atoms with Crippen molar-refractivity contribution in [3.05, 3.63) is 77.3 Å². The average Bonchev–Trinajstić information content (AvgIpc) is 2.73. The van der Waals surface area contributed by atoms with Crippen molar-refractivity contribution in [3.63, 3.8) is 0 Å². The molecule has 0 bridgehead atoms. The Balaban J connectivity index is 2.18. The Bertz CT molecular complexity index is 895. The SMILES string of the molecule is C[C@@H](C(=O)C=[N+]=[N-])N(C(=O)OCc1ccccc1)C(=O)[C@@H](N)Cc1ccccc1. The van der Waals surface area contributed by atoms with Crippen LogP contribution in [-0.4, -0.2) is 45.8 Å². The zero-order chi connectivity index (χ0) is 21.2. The number of hydrogen-bond donors (Lipinski definition) is 1. The van der Waals surface area contributed by atoms with Crippen molar-refractivity contribution in [2.24, 2.45) is 5.73 Å². The summed E-state index contributed by atoms with van der Waals surface area (Å²) in [5.74, 6) is -1.51. The van der Waals surface area contributed by atoms with Gasteiger partial charge in [-0.2, -0.15) is 4.79 Å². The zero-order valence-electron chi connectivity index (χ0n) is 16.0. The van der Waals surface area contributed by atoms with Crippen LogP contribution in [0.2, 0.25) is 0 Å². The summed E-state index contributed by atoms with van der Waals surface area (Å²) in [6.45, 7) is 1.26. The van der Waals surface area contributed by atoms with Crippen LogP contribution in [0.15, 0.2) is 60.7 Å². The normalized spacial score (nSPS) is 12.2. The summed E-state index contributed by atoms with van der Waals surface area (Å²) in [6, 6.07) is 15.6. The van der Waals surface area contributed by atoms with Gasteiger partial charge in [0.2, 0.25) is 5.91 Å². The molecule has 0 aliphatic rings. The van der Waals surface area contributed by atoms with Crippen LogP contribution in [-0.2, 0) is 27.4 Å². The molecule has 0 heterocycles. The fraction of sp³-hybridized carbons (Fsp3) is 0.238. The van der Waals surface area contributed by atoms with Crippen LogP contribution in [0.1, 0.15) is 18.1 Å². The van der Waals surface area contributed by atoms with Crippen LogP contribution in [0.3, 0.4) is 0 Å². The van der Waals surface area contributed by atoms with Gasteiger partial charge in [0.15, 0.2) is 0 Å². The first-order chi connectivity index (χ1) is 13.9. The number of ketones is 1. The van der Waals surface area contributed by atoms with E-state index in [0.29, 0.717) is 11.1 Å². The molecule has 2 amide bonds. The number of nitrogens with two attached hydrogens (primary N) is 1. The largest absolute Gasteiger partial charge is 0.444 e. The first-order valence-electron chi connectivity index (χ1n) is 8.98. The molecule has 0 fully saturated rings. The lowest BCUT2D eigenvalue weighted by Crippen LogP contribution is -2.54. The maximum atomic E-state index is 12.9. The minimum atomic E-state index is -1.25. The zero-order valence-corrected chi connectivity index (χ0v) is 16.0. The third-order valence-corrected chi connectivity index (χ3v) is 4.24. The van der Waals surface area contributed by atoms with Crippen molar-refractivity contribution in [2.75, 3.05) is 0 Å². The molecule has 0 unspecified atom stereocenters. The number of benzene rings is 2. The fourth-order valence-corrected chi connectivity index (χ4v) is 2.65.